The van der Waals surface area contributed by atoms with Gasteiger partial charge in [-0.2, -0.15) is 0 Å². The number of nitrogens with zero attached hydrogens (tertiary/aromatic N) is 2. The van der Waals surface area contributed by atoms with Gasteiger partial charge in [-0.3, -0.25) is 4.79 Å². The summed E-state index contributed by atoms with van der Waals surface area (Å²) in [5.74, 6) is 0.389. The van der Waals surface area contributed by atoms with Crippen molar-refractivity contribution >= 4 is 5.91 Å². The van der Waals surface area contributed by atoms with Crippen molar-refractivity contribution in [2.75, 3.05) is 6.54 Å². The lowest BCUT2D eigenvalue weighted by Crippen LogP contribution is -2.48. The molecule has 5 heteroatoms. The van der Waals surface area contributed by atoms with Crippen LogP contribution in [-0.2, 0) is 0 Å². The number of hydrogen-bond acceptors (Lipinski definition) is 4. The molecule has 110 valence electrons. The van der Waals surface area contributed by atoms with E-state index in [9.17, 15) is 4.79 Å². The van der Waals surface area contributed by atoms with E-state index < -0.39 is 0 Å². The molecule has 1 aliphatic heterocycles. The molecule has 1 aromatic carbocycles. The third-order valence-corrected chi connectivity index (χ3v) is 3.92. The molecule has 1 saturated heterocycles. The molecule has 0 saturated carbocycles. The molecule has 5 nitrogen and oxygen atoms in total. The summed E-state index contributed by atoms with van der Waals surface area (Å²) in [6.45, 7) is 2.70. The van der Waals surface area contributed by atoms with Crippen LogP contribution in [0.25, 0.3) is 11.5 Å². The van der Waals surface area contributed by atoms with E-state index in [-0.39, 0.29) is 18.0 Å². The van der Waals surface area contributed by atoms with Crippen molar-refractivity contribution < 1.29 is 9.21 Å². The number of aromatic nitrogens is 1. The molecule has 2 heterocycles. The minimum atomic E-state index is -0.0830. The number of likely N-dealkylation sites (tertiary alicyclic amines) is 1. The Balaban J connectivity index is 1.78. The minimum Gasteiger partial charge on any atom is -0.444 e. The van der Waals surface area contributed by atoms with Crippen molar-refractivity contribution in [3.63, 3.8) is 0 Å². The van der Waals surface area contributed by atoms with Crippen LogP contribution in [0.15, 0.2) is 41.0 Å². The van der Waals surface area contributed by atoms with Crippen LogP contribution in [0.1, 0.15) is 30.3 Å². The number of hydrogen-bond donors (Lipinski definition) is 1. The van der Waals surface area contributed by atoms with Crippen molar-refractivity contribution in [1.82, 2.24) is 9.88 Å². The van der Waals surface area contributed by atoms with Crippen LogP contribution in [0.2, 0.25) is 0 Å². The van der Waals surface area contributed by atoms with Crippen LogP contribution < -0.4 is 5.73 Å². The van der Waals surface area contributed by atoms with Crippen LogP contribution in [0.3, 0.4) is 0 Å². The number of carbonyl (C=O) groups is 1. The average molecular weight is 285 g/mol. The Morgan fingerprint density at radius 1 is 1.38 bits per heavy atom. The minimum absolute atomic E-state index is 0.0830. The number of nitrogens with two attached hydrogens (primary N) is 1. The highest BCUT2D eigenvalue weighted by molar-refractivity contribution is 5.92. The molecule has 0 unspecified atom stereocenters. The second kappa shape index (κ2) is 5.69. The third kappa shape index (κ3) is 2.83. The summed E-state index contributed by atoms with van der Waals surface area (Å²) >= 11 is 0. The number of carbonyl (C=O) groups excluding carboxylic acids is 1. The molecule has 2 N–H and O–H groups in total. The zero-order valence-electron chi connectivity index (χ0n) is 12.0. The third-order valence-electron chi connectivity index (χ3n) is 3.92. The van der Waals surface area contributed by atoms with E-state index in [1.165, 1.54) is 6.26 Å². The summed E-state index contributed by atoms with van der Waals surface area (Å²) in [5.41, 5.74) is 7.16. The van der Waals surface area contributed by atoms with Gasteiger partial charge in [0.05, 0.1) is 0 Å². The number of piperidine rings is 1. The molecule has 1 fully saturated rings. The maximum Gasteiger partial charge on any atom is 0.276 e. The standard InChI is InChI=1S/C16H19N3O2/c1-11-9-13(17)7-8-19(11)16(20)14-10-21-15(18-14)12-5-3-2-4-6-12/h2-6,10-11,13H,7-9,17H2,1H3/t11-,13+/m0/s1. The fourth-order valence-corrected chi connectivity index (χ4v) is 2.74. The largest absolute Gasteiger partial charge is 0.444 e. The Morgan fingerprint density at radius 2 is 2.14 bits per heavy atom. The quantitative estimate of drug-likeness (QED) is 0.919. The van der Waals surface area contributed by atoms with Gasteiger partial charge in [-0.05, 0) is 31.9 Å². The molecule has 0 bridgehead atoms. The lowest BCUT2D eigenvalue weighted by molar-refractivity contribution is 0.0613. The molecule has 1 aliphatic rings. The number of benzene rings is 1. The summed E-state index contributed by atoms with van der Waals surface area (Å²) < 4.78 is 5.44. The van der Waals surface area contributed by atoms with Crippen molar-refractivity contribution in [3.05, 3.63) is 42.3 Å². The molecule has 2 atom stereocenters. The summed E-state index contributed by atoms with van der Waals surface area (Å²) in [7, 11) is 0. The van der Waals surface area contributed by atoms with E-state index in [2.05, 4.69) is 4.98 Å². The average Bonchev–Trinajstić information content (AvgIpc) is 2.97. The molecule has 0 radical (unpaired) electrons. The van der Waals surface area contributed by atoms with Crippen LogP contribution >= 0.6 is 0 Å². The lowest BCUT2D eigenvalue weighted by atomic mass is 9.99. The van der Waals surface area contributed by atoms with Crippen molar-refractivity contribution in [1.29, 1.82) is 0 Å². The molecule has 21 heavy (non-hydrogen) atoms. The Hall–Kier alpha value is -2.14. The summed E-state index contributed by atoms with van der Waals surface area (Å²) in [6.07, 6.45) is 3.10. The maximum atomic E-state index is 12.5. The second-order valence-corrected chi connectivity index (χ2v) is 5.54. The number of oxazole rings is 1. The van der Waals surface area contributed by atoms with Gasteiger partial charge >= 0.3 is 0 Å². The van der Waals surface area contributed by atoms with E-state index >= 15 is 0 Å². The summed E-state index contributed by atoms with van der Waals surface area (Å²) in [6, 6.07) is 9.88. The van der Waals surface area contributed by atoms with E-state index in [4.69, 9.17) is 10.2 Å². The van der Waals surface area contributed by atoms with Gasteiger partial charge in [0, 0.05) is 24.2 Å². The highest BCUT2D eigenvalue weighted by Gasteiger charge is 2.29. The Morgan fingerprint density at radius 3 is 2.86 bits per heavy atom. The fourth-order valence-electron chi connectivity index (χ4n) is 2.74. The second-order valence-electron chi connectivity index (χ2n) is 5.54. The first-order valence-corrected chi connectivity index (χ1v) is 7.22. The monoisotopic (exact) mass is 285 g/mol. The fraction of sp³-hybridized carbons (Fsp3) is 0.375. The smallest absolute Gasteiger partial charge is 0.276 e. The highest BCUT2D eigenvalue weighted by atomic mass is 16.3. The molecule has 1 aromatic heterocycles. The van der Waals surface area contributed by atoms with Crippen LogP contribution in [0.4, 0.5) is 0 Å². The topological polar surface area (TPSA) is 72.4 Å². The molecule has 2 aromatic rings. The Kier molecular flexibility index (Phi) is 3.75. The first kappa shape index (κ1) is 13.8. The van der Waals surface area contributed by atoms with Crippen LogP contribution in [-0.4, -0.2) is 34.4 Å². The van der Waals surface area contributed by atoms with Gasteiger partial charge in [0.25, 0.3) is 5.91 Å². The molecule has 1 amide bonds. The molecular weight excluding hydrogens is 266 g/mol. The van der Waals surface area contributed by atoms with Crippen LogP contribution in [0, 0.1) is 0 Å². The van der Waals surface area contributed by atoms with Crippen molar-refractivity contribution in [2.45, 2.75) is 31.8 Å². The zero-order chi connectivity index (χ0) is 14.8. The summed E-state index contributed by atoms with van der Waals surface area (Å²) in [5, 5.41) is 0. The SMILES string of the molecule is C[C@H]1C[C@H](N)CCN1C(=O)c1coc(-c2ccccc2)n1. The predicted molar refractivity (Wildman–Crippen MR) is 79.6 cm³/mol. The molecule has 0 aliphatic carbocycles. The van der Waals surface area contributed by atoms with Gasteiger partial charge in [0.15, 0.2) is 5.69 Å². The van der Waals surface area contributed by atoms with Gasteiger partial charge < -0.3 is 15.1 Å². The van der Waals surface area contributed by atoms with Gasteiger partial charge in [0.1, 0.15) is 6.26 Å². The summed E-state index contributed by atoms with van der Waals surface area (Å²) in [4.78, 5) is 18.7. The van der Waals surface area contributed by atoms with Gasteiger partial charge in [0.2, 0.25) is 5.89 Å². The predicted octanol–water partition coefficient (Wildman–Crippen LogP) is 2.29. The zero-order valence-corrected chi connectivity index (χ0v) is 12.0. The normalized spacial score (nSPS) is 22.3. The number of rotatable bonds is 2. The lowest BCUT2D eigenvalue weighted by Gasteiger charge is -2.35. The van der Waals surface area contributed by atoms with E-state index in [0.29, 0.717) is 18.1 Å². The van der Waals surface area contributed by atoms with Crippen LogP contribution in [0.5, 0.6) is 0 Å². The van der Waals surface area contributed by atoms with Crippen molar-refractivity contribution in [3.8, 4) is 11.5 Å². The van der Waals surface area contributed by atoms with E-state index in [1.807, 2.05) is 42.2 Å². The molecule has 0 spiro atoms. The number of amides is 1. The molecule has 3 rings (SSSR count). The van der Waals surface area contributed by atoms with Gasteiger partial charge in [-0.15, -0.1) is 0 Å². The van der Waals surface area contributed by atoms with Crippen molar-refractivity contribution in [2.24, 2.45) is 5.73 Å². The van der Waals surface area contributed by atoms with E-state index in [0.717, 1.165) is 18.4 Å². The Bertz CT molecular complexity index is 623. The maximum absolute atomic E-state index is 12.5. The first-order chi connectivity index (χ1) is 10.1. The van der Waals surface area contributed by atoms with Gasteiger partial charge in [-0.25, -0.2) is 4.98 Å². The molecular formula is C16H19N3O2. The Labute approximate surface area is 123 Å². The first-order valence-electron chi connectivity index (χ1n) is 7.22. The highest BCUT2D eigenvalue weighted by Crippen LogP contribution is 2.22. The van der Waals surface area contributed by atoms with Gasteiger partial charge in [-0.1, -0.05) is 18.2 Å². The van der Waals surface area contributed by atoms with E-state index in [1.54, 1.807) is 0 Å².